The molecule has 2 saturated heterocycles. The molecule has 0 bridgehead atoms. The van der Waals surface area contributed by atoms with Crippen LogP contribution >= 0.6 is 0 Å². The fourth-order valence-electron chi connectivity index (χ4n) is 2.87. The van der Waals surface area contributed by atoms with Gasteiger partial charge in [0.2, 0.25) is 10.0 Å². The molecule has 2 unspecified atom stereocenters. The second kappa shape index (κ2) is 4.96. The van der Waals surface area contributed by atoms with Gasteiger partial charge in [-0.25, -0.2) is 18.5 Å². The summed E-state index contributed by atoms with van der Waals surface area (Å²) in [5.41, 5.74) is 0. The van der Waals surface area contributed by atoms with Gasteiger partial charge in [0.25, 0.3) is 0 Å². The van der Waals surface area contributed by atoms with E-state index in [2.05, 4.69) is 16.9 Å². The van der Waals surface area contributed by atoms with E-state index < -0.39 is 10.0 Å². The van der Waals surface area contributed by atoms with Crippen LogP contribution in [0.1, 0.15) is 0 Å². The summed E-state index contributed by atoms with van der Waals surface area (Å²) in [6.07, 6.45) is 1.67. The van der Waals surface area contributed by atoms with E-state index >= 15 is 0 Å². The van der Waals surface area contributed by atoms with Crippen LogP contribution in [0.4, 0.5) is 5.82 Å². The number of rotatable bonds is 2. The molecule has 2 atom stereocenters. The summed E-state index contributed by atoms with van der Waals surface area (Å²) in [6.45, 7) is 2.92. The Bertz CT molecular complexity index is 606. The maximum Gasteiger partial charge on any atom is 0.241 e. The zero-order valence-electron chi connectivity index (χ0n) is 11.3. The molecule has 2 aliphatic heterocycles. The monoisotopic (exact) mass is 298 g/mol. The Labute approximate surface area is 118 Å². The minimum absolute atomic E-state index is 0.0706. The van der Waals surface area contributed by atoms with Gasteiger partial charge in [-0.05, 0) is 19.2 Å². The lowest BCUT2D eigenvalue weighted by Crippen LogP contribution is -2.48. The molecule has 0 radical (unpaired) electrons. The Hall–Kier alpha value is -1.22. The van der Waals surface area contributed by atoms with Crippen LogP contribution in [0.5, 0.6) is 0 Å². The fourth-order valence-corrected chi connectivity index (χ4v) is 3.58. The SMILES string of the molecule is CN1CCOC2CN(c3ncccc3S(N)(=O)=O)CC21. The van der Waals surface area contributed by atoms with Gasteiger partial charge in [0, 0.05) is 25.8 Å². The van der Waals surface area contributed by atoms with Crippen molar-refractivity contribution in [2.45, 2.75) is 17.0 Å². The third-order valence-electron chi connectivity index (χ3n) is 3.94. The highest BCUT2D eigenvalue weighted by atomic mass is 32.2. The molecular formula is C12H18N4O3S. The third kappa shape index (κ3) is 2.39. The van der Waals surface area contributed by atoms with Gasteiger partial charge in [-0.15, -0.1) is 0 Å². The standard InChI is InChI=1S/C12H18N4O3S/c1-15-5-6-19-10-8-16(7-9(10)15)12-11(20(13,17)18)3-2-4-14-12/h2-4,9-10H,5-8H2,1H3,(H2,13,17,18). The topological polar surface area (TPSA) is 88.8 Å². The van der Waals surface area contributed by atoms with E-state index in [4.69, 9.17) is 9.88 Å². The summed E-state index contributed by atoms with van der Waals surface area (Å²) in [5.74, 6) is 0.418. The fraction of sp³-hybridized carbons (Fsp3) is 0.583. The minimum Gasteiger partial charge on any atom is -0.373 e. The number of morpholine rings is 1. The van der Waals surface area contributed by atoms with Gasteiger partial charge in [0.05, 0.1) is 18.8 Å². The van der Waals surface area contributed by atoms with Crippen LogP contribution in [0, 0.1) is 0 Å². The summed E-state index contributed by atoms with van der Waals surface area (Å²) in [6, 6.07) is 3.33. The van der Waals surface area contributed by atoms with Crippen LogP contribution in [-0.4, -0.2) is 63.7 Å². The molecule has 20 heavy (non-hydrogen) atoms. The van der Waals surface area contributed by atoms with Crippen molar-refractivity contribution in [3.8, 4) is 0 Å². The molecule has 8 heteroatoms. The first kappa shape index (κ1) is 13.7. The van der Waals surface area contributed by atoms with Crippen molar-refractivity contribution in [2.24, 2.45) is 5.14 Å². The number of hydrogen-bond donors (Lipinski definition) is 1. The average molecular weight is 298 g/mol. The zero-order valence-corrected chi connectivity index (χ0v) is 12.1. The molecule has 0 aromatic carbocycles. The number of pyridine rings is 1. The quantitative estimate of drug-likeness (QED) is 0.773. The highest BCUT2D eigenvalue weighted by Crippen LogP contribution is 2.29. The normalized spacial score (nSPS) is 27.6. The van der Waals surface area contributed by atoms with E-state index in [0.29, 0.717) is 25.5 Å². The number of likely N-dealkylation sites (N-methyl/N-ethyl adjacent to an activating group) is 1. The van der Waals surface area contributed by atoms with Crippen molar-refractivity contribution in [2.75, 3.05) is 38.2 Å². The molecule has 1 aromatic heterocycles. The predicted molar refractivity (Wildman–Crippen MR) is 74.0 cm³/mol. The molecule has 1 aromatic rings. The predicted octanol–water partition coefficient (Wildman–Crippen LogP) is -0.752. The second-order valence-corrected chi connectivity index (χ2v) is 6.76. The molecule has 3 rings (SSSR count). The first-order valence-corrected chi connectivity index (χ1v) is 8.06. The van der Waals surface area contributed by atoms with Crippen LogP contribution in [0.3, 0.4) is 0 Å². The zero-order chi connectivity index (χ0) is 14.3. The molecule has 2 fully saturated rings. The van der Waals surface area contributed by atoms with E-state index in [1.54, 1.807) is 12.3 Å². The molecule has 2 aliphatic rings. The van der Waals surface area contributed by atoms with Crippen LogP contribution in [0.25, 0.3) is 0 Å². The van der Waals surface area contributed by atoms with Crippen molar-refractivity contribution >= 4 is 15.8 Å². The van der Waals surface area contributed by atoms with Gasteiger partial charge >= 0.3 is 0 Å². The number of aromatic nitrogens is 1. The number of nitrogens with zero attached hydrogens (tertiary/aromatic N) is 3. The van der Waals surface area contributed by atoms with E-state index in [1.165, 1.54) is 6.07 Å². The van der Waals surface area contributed by atoms with E-state index in [0.717, 1.165) is 6.54 Å². The molecule has 0 saturated carbocycles. The average Bonchev–Trinajstić information content (AvgIpc) is 2.83. The van der Waals surface area contributed by atoms with Gasteiger partial charge in [-0.2, -0.15) is 0 Å². The van der Waals surface area contributed by atoms with Crippen LogP contribution in [0.2, 0.25) is 0 Å². The lowest BCUT2D eigenvalue weighted by atomic mass is 10.1. The summed E-state index contributed by atoms with van der Waals surface area (Å²) in [4.78, 5) is 8.46. The molecule has 3 heterocycles. The number of anilines is 1. The van der Waals surface area contributed by atoms with E-state index in [9.17, 15) is 8.42 Å². The summed E-state index contributed by atoms with van der Waals surface area (Å²) < 4.78 is 29.1. The largest absolute Gasteiger partial charge is 0.373 e. The Balaban J connectivity index is 1.92. The van der Waals surface area contributed by atoms with Gasteiger partial charge in [-0.3, -0.25) is 4.90 Å². The maximum absolute atomic E-state index is 11.7. The second-order valence-electron chi connectivity index (χ2n) is 5.23. The third-order valence-corrected chi connectivity index (χ3v) is 4.87. The van der Waals surface area contributed by atoms with Crippen LogP contribution < -0.4 is 10.0 Å². The summed E-state index contributed by atoms with van der Waals surface area (Å²) in [7, 11) is -1.72. The van der Waals surface area contributed by atoms with Crippen molar-refractivity contribution in [1.82, 2.24) is 9.88 Å². The molecule has 0 spiro atoms. The van der Waals surface area contributed by atoms with Gasteiger partial charge in [0.15, 0.2) is 0 Å². The number of sulfonamides is 1. The Kier molecular flexibility index (Phi) is 3.41. The maximum atomic E-state index is 11.7. The van der Waals surface area contributed by atoms with Crippen molar-refractivity contribution in [1.29, 1.82) is 0 Å². The van der Waals surface area contributed by atoms with E-state index in [-0.39, 0.29) is 17.0 Å². The summed E-state index contributed by atoms with van der Waals surface area (Å²) >= 11 is 0. The molecule has 7 nitrogen and oxygen atoms in total. The summed E-state index contributed by atoms with van der Waals surface area (Å²) in [5, 5.41) is 5.26. The molecular weight excluding hydrogens is 280 g/mol. The minimum atomic E-state index is -3.78. The van der Waals surface area contributed by atoms with E-state index in [1.807, 2.05) is 4.90 Å². The number of nitrogens with two attached hydrogens (primary N) is 1. The van der Waals surface area contributed by atoms with Crippen molar-refractivity contribution < 1.29 is 13.2 Å². The number of hydrogen-bond acceptors (Lipinski definition) is 6. The molecule has 0 aliphatic carbocycles. The van der Waals surface area contributed by atoms with Crippen LogP contribution in [-0.2, 0) is 14.8 Å². The van der Waals surface area contributed by atoms with Crippen molar-refractivity contribution in [3.05, 3.63) is 18.3 Å². The van der Waals surface area contributed by atoms with Crippen LogP contribution in [0.15, 0.2) is 23.2 Å². The number of ether oxygens (including phenoxy) is 1. The molecule has 110 valence electrons. The van der Waals surface area contributed by atoms with Gasteiger partial charge in [0.1, 0.15) is 10.7 Å². The lowest BCUT2D eigenvalue weighted by molar-refractivity contribution is -0.0362. The number of fused-ring (bicyclic) bond motifs is 1. The smallest absolute Gasteiger partial charge is 0.241 e. The van der Waals surface area contributed by atoms with Crippen molar-refractivity contribution in [3.63, 3.8) is 0 Å². The highest BCUT2D eigenvalue weighted by Gasteiger charge is 2.40. The Morgan fingerprint density at radius 2 is 2.25 bits per heavy atom. The lowest BCUT2D eigenvalue weighted by Gasteiger charge is -2.33. The number of primary sulfonamides is 1. The first-order valence-electron chi connectivity index (χ1n) is 6.51. The Morgan fingerprint density at radius 1 is 1.45 bits per heavy atom. The molecule has 2 N–H and O–H groups in total. The molecule has 0 amide bonds. The van der Waals surface area contributed by atoms with Gasteiger partial charge < -0.3 is 9.64 Å². The Morgan fingerprint density at radius 3 is 2.95 bits per heavy atom. The highest BCUT2D eigenvalue weighted by molar-refractivity contribution is 7.89. The first-order chi connectivity index (χ1) is 9.47. The van der Waals surface area contributed by atoms with Gasteiger partial charge in [-0.1, -0.05) is 0 Å².